The van der Waals surface area contributed by atoms with Crippen molar-refractivity contribution >= 4 is 28.8 Å². The van der Waals surface area contributed by atoms with E-state index in [-0.39, 0.29) is 5.91 Å². The molecule has 2 nitrogen and oxygen atoms in total. The summed E-state index contributed by atoms with van der Waals surface area (Å²) in [5, 5.41) is 1.99. The van der Waals surface area contributed by atoms with Crippen LogP contribution in [0.4, 0.5) is 0 Å². The SMILES string of the molecule is CCc1ccsc1C(=O)N(C)CCCCCCl. The van der Waals surface area contributed by atoms with Gasteiger partial charge in [0, 0.05) is 19.5 Å². The normalized spacial score (nSPS) is 10.5. The van der Waals surface area contributed by atoms with Gasteiger partial charge in [0.05, 0.1) is 4.88 Å². The molecule has 96 valence electrons. The molecule has 0 radical (unpaired) electrons. The average Bonchev–Trinajstić information content (AvgIpc) is 2.81. The van der Waals surface area contributed by atoms with E-state index in [4.69, 9.17) is 11.6 Å². The lowest BCUT2D eigenvalue weighted by molar-refractivity contribution is 0.0796. The minimum absolute atomic E-state index is 0.155. The molecular formula is C13H20ClNOS. The summed E-state index contributed by atoms with van der Waals surface area (Å²) in [6.07, 6.45) is 4.07. The highest BCUT2D eigenvalue weighted by Crippen LogP contribution is 2.19. The van der Waals surface area contributed by atoms with Gasteiger partial charge in [-0.2, -0.15) is 0 Å². The molecule has 0 spiro atoms. The Morgan fingerprint density at radius 3 is 2.82 bits per heavy atom. The maximum atomic E-state index is 12.2. The number of aryl methyl sites for hydroxylation is 1. The number of hydrogen-bond acceptors (Lipinski definition) is 2. The third-order valence-corrected chi connectivity index (χ3v) is 4.01. The first-order valence-electron chi connectivity index (χ1n) is 6.08. The van der Waals surface area contributed by atoms with Crippen molar-refractivity contribution in [2.45, 2.75) is 32.6 Å². The van der Waals surface area contributed by atoms with Crippen LogP contribution in [0.5, 0.6) is 0 Å². The monoisotopic (exact) mass is 273 g/mol. The maximum absolute atomic E-state index is 12.2. The number of rotatable bonds is 7. The summed E-state index contributed by atoms with van der Waals surface area (Å²) in [6.45, 7) is 2.90. The molecule has 0 saturated carbocycles. The van der Waals surface area contributed by atoms with Crippen LogP contribution in [0.25, 0.3) is 0 Å². The molecule has 0 aromatic carbocycles. The first-order valence-corrected chi connectivity index (χ1v) is 7.50. The van der Waals surface area contributed by atoms with Crippen LogP contribution in [-0.4, -0.2) is 30.3 Å². The molecule has 1 aromatic heterocycles. The van der Waals surface area contributed by atoms with Gasteiger partial charge >= 0.3 is 0 Å². The summed E-state index contributed by atoms with van der Waals surface area (Å²) >= 11 is 7.16. The van der Waals surface area contributed by atoms with E-state index in [1.165, 1.54) is 0 Å². The Kier molecular flexibility index (Phi) is 6.60. The van der Waals surface area contributed by atoms with E-state index in [1.807, 2.05) is 23.4 Å². The molecule has 1 aromatic rings. The summed E-state index contributed by atoms with van der Waals surface area (Å²) in [5.74, 6) is 0.866. The summed E-state index contributed by atoms with van der Waals surface area (Å²) in [7, 11) is 1.88. The Balaban J connectivity index is 2.46. The second-order valence-electron chi connectivity index (χ2n) is 4.10. The molecule has 0 fully saturated rings. The molecule has 4 heteroatoms. The van der Waals surface area contributed by atoms with Gasteiger partial charge in [-0.3, -0.25) is 4.79 Å². The smallest absolute Gasteiger partial charge is 0.263 e. The highest BCUT2D eigenvalue weighted by Gasteiger charge is 2.15. The van der Waals surface area contributed by atoms with E-state index in [2.05, 4.69) is 6.92 Å². The number of carbonyl (C=O) groups excluding carboxylic acids is 1. The van der Waals surface area contributed by atoms with Crippen molar-refractivity contribution in [3.63, 3.8) is 0 Å². The van der Waals surface area contributed by atoms with E-state index in [1.54, 1.807) is 11.3 Å². The molecule has 0 aliphatic heterocycles. The molecule has 0 N–H and O–H groups in total. The lowest BCUT2D eigenvalue weighted by atomic mass is 10.2. The standard InChI is InChI=1S/C13H20ClNOS/c1-3-11-7-10-17-12(11)13(16)15(2)9-6-4-5-8-14/h7,10H,3-6,8-9H2,1-2H3. The zero-order chi connectivity index (χ0) is 12.7. The number of alkyl halides is 1. The largest absolute Gasteiger partial charge is 0.341 e. The predicted molar refractivity (Wildman–Crippen MR) is 75.2 cm³/mol. The Morgan fingerprint density at radius 1 is 1.41 bits per heavy atom. The van der Waals surface area contributed by atoms with E-state index >= 15 is 0 Å². The summed E-state index contributed by atoms with van der Waals surface area (Å²) in [5.41, 5.74) is 1.16. The van der Waals surface area contributed by atoms with Gasteiger partial charge in [0.25, 0.3) is 5.91 Å². The van der Waals surface area contributed by atoms with Crippen LogP contribution < -0.4 is 0 Å². The van der Waals surface area contributed by atoms with Gasteiger partial charge in [-0.25, -0.2) is 0 Å². The van der Waals surface area contributed by atoms with Crippen molar-refractivity contribution in [1.29, 1.82) is 0 Å². The van der Waals surface area contributed by atoms with Crippen LogP contribution in [0.15, 0.2) is 11.4 Å². The lowest BCUT2D eigenvalue weighted by Crippen LogP contribution is -2.27. The Bertz CT molecular complexity index is 351. The van der Waals surface area contributed by atoms with Crippen LogP contribution in [0.1, 0.15) is 41.4 Å². The first-order chi connectivity index (χ1) is 8.20. The van der Waals surface area contributed by atoms with Crippen LogP contribution in [0, 0.1) is 0 Å². The molecule has 0 bridgehead atoms. The number of amides is 1. The van der Waals surface area contributed by atoms with Crippen molar-refractivity contribution < 1.29 is 4.79 Å². The third kappa shape index (κ3) is 4.32. The van der Waals surface area contributed by atoms with Gasteiger partial charge in [0.2, 0.25) is 0 Å². The maximum Gasteiger partial charge on any atom is 0.263 e. The van der Waals surface area contributed by atoms with Crippen molar-refractivity contribution in [2.75, 3.05) is 19.5 Å². The van der Waals surface area contributed by atoms with Crippen molar-refractivity contribution in [3.8, 4) is 0 Å². The quantitative estimate of drug-likeness (QED) is 0.547. The molecular weight excluding hydrogens is 254 g/mol. The van der Waals surface area contributed by atoms with E-state index in [0.717, 1.165) is 42.7 Å². The molecule has 0 saturated heterocycles. The van der Waals surface area contributed by atoms with Crippen molar-refractivity contribution in [2.24, 2.45) is 0 Å². The molecule has 0 aliphatic carbocycles. The Morgan fingerprint density at radius 2 is 2.18 bits per heavy atom. The average molecular weight is 274 g/mol. The molecule has 1 amide bonds. The summed E-state index contributed by atoms with van der Waals surface area (Å²) in [6, 6.07) is 2.04. The van der Waals surface area contributed by atoms with Gasteiger partial charge in [0.15, 0.2) is 0 Å². The first kappa shape index (κ1) is 14.5. The van der Waals surface area contributed by atoms with Gasteiger partial charge in [-0.15, -0.1) is 22.9 Å². The number of hydrogen-bond donors (Lipinski definition) is 0. The second-order valence-corrected chi connectivity index (χ2v) is 5.40. The van der Waals surface area contributed by atoms with Crippen LogP contribution >= 0.6 is 22.9 Å². The van der Waals surface area contributed by atoms with Gasteiger partial charge in [0.1, 0.15) is 0 Å². The fraction of sp³-hybridized carbons (Fsp3) is 0.615. The fourth-order valence-electron chi connectivity index (χ4n) is 1.70. The minimum Gasteiger partial charge on any atom is -0.341 e. The van der Waals surface area contributed by atoms with E-state index in [0.29, 0.717) is 5.88 Å². The van der Waals surface area contributed by atoms with E-state index < -0.39 is 0 Å². The number of carbonyl (C=O) groups is 1. The third-order valence-electron chi connectivity index (χ3n) is 2.80. The fourth-order valence-corrected chi connectivity index (χ4v) is 2.87. The van der Waals surface area contributed by atoms with Gasteiger partial charge < -0.3 is 4.90 Å². The minimum atomic E-state index is 0.155. The predicted octanol–water partition coefficient (Wildman–Crippen LogP) is 3.79. The molecule has 0 atom stereocenters. The number of thiophene rings is 1. The second kappa shape index (κ2) is 7.72. The molecule has 17 heavy (non-hydrogen) atoms. The number of unbranched alkanes of at least 4 members (excludes halogenated alkanes) is 2. The van der Waals surface area contributed by atoms with Gasteiger partial charge in [-0.05, 0) is 36.3 Å². The zero-order valence-electron chi connectivity index (χ0n) is 10.5. The topological polar surface area (TPSA) is 20.3 Å². The number of halogens is 1. The van der Waals surface area contributed by atoms with Crippen molar-refractivity contribution in [3.05, 3.63) is 21.9 Å². The lowest BCUT2D eigenvalue weighted by Gasteiger charge is -2.16. The van der Waals surface area contributed by atoms with Crippen LogP contribution in [0.2, 0.25) is 0 Å². The van der Waals surface area contributed by atoms with Crippen LogP contribution in [0.3, 0.4) is 0 Å². The van der Waals surface area contributed by atoms with E-state index in [9.17, 15) is 4.79 Å². The Labute approximate surface area is 113 Å². The molecule has 1 rings (SSSR count). The summed E-state index contributed by atoms with van der Waals surface area (Å²) < 4.78 is 0. The molecule has 0 unspecified atom stereocenters. The zero-order valence-corrected chi connectivity index (χ0v) is 12.1. The highest BCUT2D eigenvalue weighted by molar-refractivity contribution is 7.12. The molecule has 0 aliphatic rings. The summed E-state index contributed by atoms with van der Waals surface area (Å²) in [4.78, 5) is 14.9. The Hall–Kier alpha value is -0.540. The molecule has 1 heterocycles. The highest BCUT2D eigenvalue weighted by atomic mass is 35.5. The van der Waals surface area contributed by atoms with Crippen molar-refractivity contribution in [1.82, 2.24) is 4.90 Å². The van der Waals surface area contributed by atoms with Gasteiger partial charge in [-0.1, -0.05) is 13.3 Å². The van der Waals surface area contributed by atoms with Crippen LogP contribution in [-0.2, 0) is 6.42 Å². The number of nitrogens with zero attached hydrogens (tertiary/aromatic N) is 1.